The molecular weight excluding hydrogens is 301 g/mol. The standard InChI is InChI=1S/C6H6Cl2N2.C4H7NS.ClH/c7-4-2-1-3-5(8)6(4)10-9;1-4-2-5-3-6-4;/h1-3,10H,9H2;3-4H,2H2,1H3;1H. The molecule has 0 aromatic heterocycles. The summed E-state index contributed by atoms with van der Waals surface area (Å²) in [6.07, 6.45) is 0. The first-order valence-electron chi connectivity index (χ1n) is 4.69. The number of hydrogen-bond donors (Lipinski definition) is 2. The van der Waals surface area contributed by atoms with Crippen LogP contribution < -0.4 is 11.3 Å². The number of nitrogens with zero attached hydrogens (tertiary/aromatic N) is 1. The van der Waals surface area contributed by atoms with Crippen LogP contribution in [0.5, 0.6) is 0 Å². The van der Waals surface area contributed by atoms with Gasteiger partial charge in [0.05, 0.1) is 27.8 Å². The molecule has 1 heterocycles. The van der Waals surface area contributed by atoms with Crippen molar-refractivity contribution in [3.05, 3.63) is 28.2 Å². The first-order valence-corrected chi connectivity index (χ1v) is 6.39. The van der Waals surface area contributed by atoms with Crippen molar-refractivity contribution in [3.63, 3.8) is 0 Å². The summed E-state index contributed by atoms with van der Waals surface area (Å²) in [5, 5.41) is 1.79. The topological polar surface area (TPSA) is 50.4 Å². The van der Waals surface area contributed by atoms with Crippen LogP contribution in [0.1, 0.15) is 6.92 Å². The number of aliphatic imine (C=N–C) groups is 1. The van der Waals surface area contributed by atoms with Gasteiger partial charge in [0, 0.05) is 5.25 Å². The average Bonchev–Trinajstić information content (AvgIpc) is 2.70. The fraction of sp³-hybridized carbons (Fsp3) is 0.300. The molecule has 0 spiro atoms. The van der Waals surface area contributed by atoms with Crippen LogP contribution in [-0.4, -0.2) is 17.3 Å². The number of benzene rings is 1. The summed E-state index contributed by atoms with van der Waals surface area (Å²) < 4.78 is 0. The molecule has 1 aromatic rings. The van der Waals surface area contributed by atoms with Crippen molar-refractivity contribution >= 4 is 58.6 Å². The Balaban J connectivity index is 0.000000316. The van der Waals surface area contributed by atoms with Crippen molar-refractivity contribution in [2.75, 3.05) is 12.0 Å². The van der Waals surface area contributed by atoms with Gasteiger partial charge in [-0.3, -0.25) is 10.8 Å². The predicted molar refractivity (Wildman–Crippen MR) is 81.9 cm³/mol. The number of thioether (sulfide) groups is 1. The lowest BCUT2D eigenvalue weighted by Crippen LogP contribution is -2.07. The summed E-state index contributed by atoms with van der Waals surface area (Å²) in [4.78, 5) is 4.00. The lowest BCUT2D eigenvalue weighted by atomic mass is 10.3. The summed E-state index contributed by atoms with van der Waals surface area (Å²) >= 11 is 13.2. The Morgan fingerprint density at radius 2 is 2.00 bits per heavy atom. The van der Waals surface area contributed by atoms with Gasteiger partial charge in [-0.1, -0.05) is 36.2 Å². The number of para-hydroxylation sites is 1. The molecule has 1 atom stereocenters. The van der Waals surface area contributed by atoms with E-state index >= 15 is 0 Å². The molecule has 2 rings (SSSR count). The molecule has 3 N–H and O–H groups in total. The molecule has 7 heteroatoms. The molecule has 0 saturated carbocycles. The van der Waals surface area contributed by atoms with Gasteiger partial charge in [0.1, 0.15) is 0 Å². The van der Waals surface area contributed by atoms with Gasteiger partial charge in [0.2, 0.25) is 0 Å². The van der Waals surface area contributed by atoms with E-state index in [9.17, 15) is 0 Å². The molecule has 96 valence electrons. The molecule has 0 aliphatic carbocycles. The van der Waals surface area contributed by atoms with Crippen molar-refractivity contribution < 1.29 is 0 Å². The molecule has 3 nitrogen and oxygen atoms in total. The second-order valence-corrected chi connectivity index (χ2v) is 5.26. The van der Waals surface area contributed by atoms with Crippen LogP contribution in [0.2, 0.25) is 10.0 Å². The zero-order valence-corrected chi connectivity index (χ0v) is 12.3. The second kappa shape index (κ2) is 8.89. The van der Waals surface area contributed by atoms with Crippen LogP contribution in [0.25, 0.3) is 0 Å². The minimum Gasteiger partial charge on any atom is -0.321 e. The van der Waals surface area contributed by atoms with Crippen LogP contribution in [-0.2, 0) is 0 Å². The quantitative estimate of drug-likeness (QED) is 0.611. The molecule has 1 aliphatic heterocycles. The number of anilines is 1. The lowest BCUT2D eigenvalue weighted by molar-refractivity contribution is 0.978. The highest BCUT2D eigenvalue weighted by Gasteiger charge is 2.02. The monoisotopic (exact) mass is 313 g/mol. The molecule has 0 radical (unpaired) electrons. The number of halogens is 3. The Labute approximate surface area is 122 Å². The van der Waals surface area contributed by atoms with Crippen molar-refractivity contribution in [3.8, 4) is 0 Å². The maximum absolute atomic E-state index is 5.70. The molecule has 1 aromatic carbocycles. The highest BCUT2D eigenvalue weighted by Crippen LogP contribution is 2.28. The fourth-order valence-electron chi connectivity index (χ4n) is 1.02. The van der Waals surface area contributed by atoms with Gasteiger partial charge in [-0.15, -0.1) is 24.2 Å². The number of nitrogens with one attached hydrogen (secondary N) is 1. The van der Waals surface area contributed by atoms with E-state index < -0.39 is 0 Å². The number of nitrogens with two attached hydrogens (primary N) is 1. The van der Waals surface area contributed by atoms with E-state index in [0.717, 1.165) is 11.8 Å². The Morgan fingerprint density at radius 1 is 1.41 bits per heavy atom. The van der Waals surface area contributed by atoms with Gasteiger partial charge in [0.15, 0.2) is 0 Å². The highest BCUT2D eigenvalue weighted by atomic mass is 35.5. The van der Waals surface area contributed by atoms with Crippen LogP contribution in [0, 0.1) is 0 Å². The number of rotatable bonds is 1. The highest BCUT2D eigenvalue weighted by molar-refractivity contribution is 8.12. The number of hydrazine groups is 1. The van der Waals surface area contributed by atoms with E-state index in [1.54, 1.807) is 30.0 Å². The molecule has 1 aliphatic rings. The normalized spacial score (nSPS) is 16.8. The molecular formula is C10H14Cl3N3S. The van der Waals surface area contributed by atoms with Crippen molar-refractivity contribution in [2.45, 2.75) is 12.2 Å². The van der Waals surface area contributed by atoms with Gasteiger partial charge >= 0.3 is 0 Å². The van der Waals surface area contributed by atoms with E-state index in [-0.39, 0.29) is 12.4 Å². The maximum atomic E-state index is 5.70. The molecule has 17 heavy (non-hydrogen) atoms. The lowest BCUT2D eigenvalue weighted by Gasteiger charge is -2.03. The molecule has 0 saturated heterocycles. The van der Waals surface area contributed by atoms with Crippen LogP contribution in [0.4, 0.5) is 5.69 Å². The van der Waals surface area contributed by atoms with Crippen molar-refractivity contribution in [2.24, 2.45) is 10.8 Å². The van der Waals surface area contributed by atoms with Crippen molar-refractivity contribution in [1.29, 1.82) is 0 Å². The van der Waals surface area contributed by atoms with Gasteiger partial charge in [0.25, 0.3) is 0 Å². The van der Waals surface area contributed by atoms with E-state index in [2.05, 4.69) is 17.3 Å². The number of hydrogen-bond acceptors (Lipinski definition) is 4. The Morgan fingerprint density at radius 3 is 2.24 bits per heavy atom. The average molecular weight is 315 g/mol. The third kappa shape index (κ3) is 5.84. The van der Waals surface area contributed by atoms with Gasteiger partial charge in [-0.2, -0.15) is 0 Å². The predicted octanol–water partition coefficient (Wildman–Crippen LogP) is 3.85. The Hall–Kier alpha value is -0.130. The minimum atomic E-state index is 0. The summed E-state index contributed by atoms with van der Waals surface area (Å²) in [6, 6.07) is 5.18. The van der Waals surface area contributed by atoms with Gasteiger partial charge in [-0.05, 0) is 12.1 Å². The molecule has 0 fully saturated rings. The Kier molecular flexibility index (Phi) is 8.82. The summed E-state index contributed by atoms with van der Waals surface area (Å²) in [7, 11) is 0. The van der Waals surface area contributed by atoms with E-state index in [1.807, 2.05) is 5.55 Å². The summed E-state index contributed by atoms with van der Waals surface area (Å²) in [5.41, 5.74) is 4.88. The number of nitrogen functional groups attached to an aromatic ring is 1. The first kappa shape index (κ1) is 16.9. The Bertz CT molecular complexity index is 346. The molecule has 0 bridgehead atoms. The summed E-state index contributed by atoms with van der Waals surface area (Å²) in [6.45, 7) is 3.20. The molecule has 1 unspecified atom stereocenters. The largest absolute Gasteiger partial charge is 0.321 e. The molecule has 0 amide bonds. The fourth-order valence-corrected chi connectivity index (χ4v) is 2.08. The minimum absolute atomic E-state index is 0. The van der Waals surface area contributed by atoms with E-state index in [0.29, 0.717) is 15.7 Å². The van der Waals surface area contributed by atoms with Crippen LogP contribution in [0.15, 0.2) is 23.2 Å². The maximum Gasteiger partial charge on any atom is 0.0860 e. The second-order valence-electron chi connectivity index (χ2n) is 3.16. The van der Waals surface area contributed by atoms with Crippen LogP contribution >= 0.6 is 47.4 Å². The third-order valence-electron chi connectivity index (χ3n) is 1.84. The SMILES string of the molecule is CC1CN=CS1.Cl.NNc1c(Cl)cccc1Cl. The van der Waals surface area contributed by atoms with Gasteiger partial charge < -0.3 is 5.43 Å². The summed E-state index contributed by atoms with van der Waals surface area (Å²) in [5.74, 6) is 5.13. The zero-order chi connectivity index (χ0) is 12.0. The van der Waals surface area contributed by atoms with Gasteiger partial charge in [-0.25, -0.2) is 0 Å². The van der Waals surface area contributed by atoms with E-state index in [1.165, 1.54) is 0 Å². The van der Waals surface area contributed by atoms with Crippen molar-refractivity contribution in [1.82, 2.24) is 0 Å². The smallest absolute Gasteiger partial charge is 0.0860 e. The first-order chi connectivity index (χ1) is 7.65. The van der Waals surface area contributed by atoms with E-state index in [4.69, 9.17) is 29.0 Å². The zero-order valence-electron chi connectivity index (χ0n) is 9.19. The third-order valence-corrected chi connectivity index (χ3v) is 3.35. The van der Waals surface area contributed by atoms with Crippen LogP contribution in [0.3, 0.4) is 0 Å².